The smallest absolute Gasteiger partial charge is 0.337 e. The molecule has 0 aliphatic rings. The highest BCUT2D eigenvalue weighted by molar-refractivity contribution is 6.08. The topological polar surface area (TPSA) is 75.9 Å². The lowest BCUT2D eigenvalue weighted by Crippen LogP contribution is -2.28. The molecule has 0 radical (unpaired) electrons. The van der Waals surface area contributed by atoms with Crippen molar-refractivity contribution in [2.45, 2.75) is 33.2 Å². The van der Waals surface area contributed by atoms with Gasteiger partial charge in [0.05, 0.1) is 24.0 Å². The van der Waals surface area contributed by atoms with E-state index in [9.17, 15) is 9.59 Å². The number of nitrogens with two attached hydrogens (primary N) is 1. The number of carbonyl (C=O) groups is 2. The summed E-state index contributed by atoms with van der Waals surface area (Å²) in [4.78, 5) is 28.8. The molecule has 6 nitrogen and oxygen atoms in total. The predicted molar refractivity (Wildman–Crippen MR) is 117 cm³/mol. The van der Waals surface area contributed by atoms with Crippen LogP contribution in [0.25, 0.3) is 0 Å². The second-order valence-electron chi connectivity index (χ2n) is 7.11. The molecule has 0 heterocycles. The maximum Gasteiger partial charge on any atom is 0.337 e. The summed E-state index contributed by atoms with van der Waals surface area (Å²) in [5, 5.41) is 0. The Morgan fingerprint density at radius 3 is 2.31 bits per heavy atom. The van der Waals surface area contributed by atoms with E-state index in [4.69, 9.17) is 10.5 Å². The van der Waals surface area contributed by atoms with Crippen molar-refractivity contribution < 1.29 is 14.3 Å². The van der Waals surface area contributed by atoms with Crippen LogP contribution in [0.1, 0.15) is 53.0 Å². The quantitative estimate of drug-likeness (QED) is 0.512. The average Bonchev–Trinajstić information content (AvgIpc) is 2.73. The van der Waals surface area contributed by atoms with Crippen LogP contribution < -0.4 is 10.6 Å². The lowest BCUT2D eigenvalue weighted by Gasteiger charge is -2.22. The maximum absolute atomic E-state index is 13.1. The lowest BCUT2D eigenvalue weighted by atomic mass is 10.1. The summed E-state index contributed by atoms with van der Waals surface area (Å²) in [5.41, 5.74) is 8.98. The first-order chi connectivity index (χ1) is 13.9. The van der Waals surface area contributed by atoms with E-state index in [1.807, 2.05) is 18.2 Å². The van der Waals surface area contributed by atoms with Gasteiger partial charge in [-0.15, -0.1) is 0 Å². The van der Waals surface area contributed by atoms with Crippen molar-refractivity contribution in [3.8, 4) is 0 Å². The van der Waals surface area contributed by atoms with Crippen molar-refractivity contribution in [1.82, 2.24) is 4.90 Å². The monoisotopic (exact) mass is 397 g/mol. The minimum atomic E-state index is -0.471. The Labute approximate surface area is 173 Å². The van der Waals surface area contributed by atoms with Gasteiger partial charge in [-0.3, -0.25) is 9.69 Å². The van der Waals surface area contributed by atoms with E-state index in [1.165, 1.54) is 12.0 Å². The van der Waals surface area contributed by atoms with Crippen LogP contribution in [0.5, 0.6) is 0 Å². The molecule has 156 valence electrons. The molecular weight excluding hydrogens is 366 g/mol. The molecule has 6 heteroatoms. The molecule has 0 aliphatic heterocycles. The van der Waals surface area contributed by atoms with Crippen molar-refractivity contribution >= 4 is 23.3 Å². The van der Waals surface area contributed by atoms with Gasteiger partial charge in [-0.1, -0.05) is 26.0 Å². The van der Waals surface area contributed by atoms with Gasteiger partial charge in [-0.2, -0.15) is 0 Å². The highest BCUT2D eigenvalue weighted by Gasteiger charge is 2.18. The predicted octanol–water partition coefficient (Wildman–Crippen LogP) is 3.95. The highest BCUT2D eigenvalue weighted by Crippen LogP contribution is 2.26. The molecule has 0 spiro atoms. The summed E-state index contributed by atoms with van der Waals surface area (Å²) in [6, 6.07) is 12.4. The van der Waals surface area contributed by atoms with Gasteiger partial charge in [-0.05, 0) is 61.8 Å². The first-order valence-corrected chi connectivity index (χ1v) is 9.98. The molecule has 2 aromatic carbocycles. The third-order valence-electron chi connectivity index (χ3n) is 4.78. The number of amides is 1. The largest absolute Gasteiger partial charge is 0.465 e. The van der Waals surface area contributed by atoms with Crippen LogP contribution in [0.3, 0.4) is 0 Å². The second-order valence-corrected chi connectivity index (χ2v) is 7.11. The molecule has 0 bridgehead atoms. The fraction of sp³-hybridized carbons (Fsp3) is 0.391. The Hall–Kier alpha value is -2.86. The van der Waals surface area contributed by atoms with Crippen LogP contribution in [0.15, 0.2) is 42.5 Å². The second kappa shape index (κ2) is 10.6. The molecule has 29 heavy (non-hydrogen) atoms. The third-order valence-corrected chi connectivity index (χ3v) is 4.78. The number of anilines is 2. The Balaban J connectivity index is 2.25. The van der Waals surface area contributed by atoms with E-state index >= 15 is 0 Å². The zero-order valence-electron chi connectivity index (χ0n) is 17.8. The lowest BCUT2D eigenvalue weighted by molar-refractivity contribution is 0.0600. The first kappa shape index (κ1) is 22.4. The molecule has 2 aromatic rings. The number of methoxy groups -OCH3 is 1. The van der Waals surface area contributed by atoms with Crippen molar-refractivity contribution in [3.05, 3.63) is 59.2 Å². The Kier molecular flexibility index (Phi) is 8.21. The fourth-order valence-corrected chi connectivity index (χ4v) is 3.35. The number of esters is 1. The van der Waals surface area contributed by atoms with E-state index < -0.39 is 5.97 Å². The Bertz CT molecular complexity index is 845. The minimum absolute atomic E-state index is 0.182. The number of benzene rings is 2. The molecular formula is C23H31N3O3. The molecule has 2 N–H and O–H groups in total. The first-order valence-electron chi connectivity index (χ1n) is 9.98. The van der Waals surface area contributed by atoms with Gasteiger partial charge in [0.15, 0.2) is 0 Å². The molecule has 0 aliphatic carbocycles. The fourth-order valence-electron chi connectivity index (χ4n) is 3.35. The van der Waals surface area contributed by atoms with E-state index in [0.29, 0.717) is 22.5 Å². The van der Waals surface area contributed by atoms with Gasteiger partial charge in [0.1, 0.15) is 0 Å². The molecule has 0 aromatic heterocycles. The van der Waals surface area contributed by atoms with Crippen LogP contribution >= 0.6 is 0 Å². The van der Waals surface area contributed by atoms with E-state index in [2.05, 4.69) is 18.7 Å². The van der Waals surface area contributed by atoms with Gasteiger partial charge in [0.25, 0.3) is 5.91 Å². The summed E-state index contributed by atoms with van der Waals surface area (Å²) in [5.74, 6) is -0.654. The minimum Gasteiger partial charge on any atom is -0.465 e. The molecule has 2 rings (SSSR count). The molecule has 1 amide bonds. The number of hydrogen-bond donors (Lipinski definition) is 1. The van der Waals surface area contributed by atoms with Gasteiger partial charge in [-0.25, -0.2) is 4.79 Å². The van der Waals surface area contributed by atoms with Crippen molar-refractivity contribution in [1.29, 1.82) is 0 Å². The summed E-state index contributed by atoms with van der Waals surface area (Å²) in [7, 11) is 2.97. The van der Waals surface area contributed by atoms with Crippen LogP contribution in [-0.2, 0) is 11.3 Å². The number of nitrogen functional groups attached to an aromatic ring is 1. The Morgan fingerprint density at radius 2 is 1.69 bits per heavy atom. The highest BCUT2D eigenvalue weighted by atomic mass is 16.5. The summed E-state index contributed by atoms with van der Waals surface area (Å²) in [6.07, 6.45) is 2.19. The normalized spacial score (nSPS) is 10.8. The van der Waals surface area contributed by atoms with Gasteiger partial charge in [0.2, 0.25) is 0 Å². The standard InChI is InChI=1S/C23H31N3O3/c1-5-12-26(13-6-2)16-17-8-7-9-18(14-17)22(27)25(3)21-15-19(23(28)29-4)10-11-20(21)24/h7-11,14-15H,5-6,12-13,16,24H2,1-4H3. The third kappa shape index (κ3) is 5.81. The van der Waals surface area contributed by atoms with E-state index in [-0.39, 0.29) is 5.91 Å². The SMILES string of the molecule is CCCN(CCC)Cc1cccc(C(=O)N(C)c2cc(C(=O)OC)ccc2N)c1. The van der Waals surface area contributed by atoms with Crippen molar-refractivity contribution in [2.75, 3.05) is 37.9 Å². The molecule has 0 atom stereocenters. The van der Waals surface area contributed by atoms with Crippen LogP contribution in [0.2, 0.25) is 0 Å². The maximum atomic E-state index is 13.1. The van der Waals surface area contributed by atoms with Crippen LogP contribution in [-0.4, -0.2) is 44.0 Å². The number of carbonyl (C=O) groups excluding carboxylic acids is 2. The van der Waals surface area contributed by atoms with Crippen LogP contribution in [0, 0.1) is 0 Å². The average molecular weight is 398 g/mol. The molecule has 0 unspecified atom stereocenters. The summed E-state index contributed by atoms with van der Waals surface area (Å²) in [6.45, 7) is 7.22. The van der Waals surface area contributed by atoms with Gasteiger partial charge >= 0.3 is 5.97 Å². The molecule has 0 fully saturated rings. The number of rotatable bonds is 9. The van der Waals surface area contributed by atoms with Gasteiger partial charge in [0, 0.05) is 19.2 Å². The van der Waals surface area contributed by atoms with E-state index in [1.54, 1.807) is 31.3 Å². The Morgan fingerprint density at radius 1 is 1.00 bits per heavy atom. The van der Waals surface area contributed by atoms with E-state index in [0.717, 1.165) is 38.0 Å². The zero-order chi connectivity index (χ0) is 21.4. The number of nitrogens with zero attached hydrogens (tertiary/aromatic N) is 2. The summed E-state index contributed by atoms with van der Waals surface area (Å²) < 4.78 is 4.76. The summed E-state index contributed by atoms with van der Waals surface area (Å²) >= 11 is 0. The van der Waals surface area contributed by atoms with Crippen LogP contribution in [0.4, 0.5) is 11.4 Å². The zero-order valence-corrected chi connectivity index (χ0v) is 17.8. The van der Waals surface area contributed by atoms with Crippen molar-refractivity contribution in [2.24, 2.45) is 0 Å². The van der Waals surface area contributed by atoms with Crippen molar-refractivity contribution in [3.63, 3.8) is 0 Å². The molecule has 0 saturated heterocycles. The van der Waals surface area contributed by atoms with Gasteiger partial charge < -0.3 is 15.4 Å². The number of hydrogen-bond acceptors (Lipinski definition) is 5. The number of ether oxygens (including phenoxy) is 1. The molecule has 0 saturated carbocycles.